The van der Waals surface area contributed by atoms with Crippen LogP contribution in [0.2, 0.25) is 0 Å². The first-order chi connectivity index (χ1) is 12.7. The summed E-state index contributed by atoms with van der Waals surface area (Å²) in [6, 6.07) is 24.1. The second-order valence-electron chi connectivity index (χ2n) is 6.32. The normalized spacial score (nSPS) is 11.2. The van der Waals surface area contributed by atoms with E-state index in [1.54, 1.807) is 22.9 Å². The molecule has 0 saturated heterocycles. The zero-order valence-corrected chi connectivity index (χ0v) is 14.5. The number of aryl methyl sites for hydroxylation is 1. The quantitative estimate of drug-likeness (QED) is 0.565. The van der Waals surface area contributed by atoms with Gasteiger partial charge in [0.05, 0.1) is 5.39 Å². The Morgan fingerprint density at radius 1 is 0.885 bits per heavy atom. The predicted octanol–water partition coefficient (Wildman–Crippen LogP) is 3.93. The van der Waals surface area contributed by atoms with Crippen LogP contribution in [0.5, 0.6) is 0 Å². The van der Waals surface area contributed by atoms with E-state index in [1.165, 1.54) is 11.1 Å². The van der Waals surface area contributed by atoms with Gasteiger partial charge in [-0.25, -0.2) is 9.97 Å². The Bertz CT molecular complexity index is 1050. The summed E-state index contributed by atoms with van der Waals surface area (Å²) >= 11 is 0. The van der Waals surface area contributed by atoms with Crippen LogP contribution in [-0.2, 0) is 6.54 Å². The van der Waals surface area contributed by atoms with Crippen molar-refractivity contribution in [2.24, 2.45) is 0 Å². The van der Waals surface area contributed by atoms with Gasteiger partial charge in [0.2, 0.25) is 0 Å². The highest BCUT2D eigenvalue weighted by atomic mass is 16.1. The molecule has 4 nitrogen and oxygen atoms in total. The van der Waals surface area contributed by atoms with Crippen molar-refractivity contribution in [2.75, 3.05) is 0 Å². The van der Waals surface area contributed by atoms with E-state index in [0.717, 1.165) is 0 Å². The maximum absolute atomic E-state index is 13.0. The average molecular weight is 341 g/mol. The zero-order chi connectivity index (χ0) is 17.9. The molecule has 2 heterocycles. The molecular weight excluding hydrogens is 322 g/mol. The predicted molar refractivity (Wildman–Crippen MR) is 103 cm³/mol. The van der Waals surface area contributed by atoms with E-state index in [4.69, 9.17) is 0 Å². The Labute approximate surface area is 151 Å². The second kappa shape index (κ2) is 6.92. The third-order valence-electron chi connectivity index (χ3n) is 4.69. The molecule has 0 radical (unpaired) electrons. The van der Waals surface area contributed by atoms with Crippen molar-refractivity contribution in [3.05, 3.63) is 106 Å². The van der Waals surface area contributed by atoms with Gasteiger partial charge in [0.15, 0.2) is 5.65 Å². The number of aromatic nitrogens is 3. The van der Waals surface area contributed by atoms with Gasteiger partial charge in [-0.05, 0) is 30.2 Å². The summed E-state index contributed by atoms with van der Waals surface area (Å²) in [4.78, 5) is 21.8. The van der Waals surface area contributed by atoms with Gasteiger partial charge in [-0.15, -0.1) is 0 Å². The summed E-state index contributed by atoms with van der Waals surface area (Å²) in [6.45, 7) is 2.40. The Morgan fingerprint density at radius 3 is 2.12 bits per heavy atom. The summed E-state index contributed by atoms with van der Waals surface area (Å²) < 4.78 is 1.76. The molecule has 4 heteroatoms. The smallest absolute Gasteiger partial charge is 0.263 e. The molecule has 4 aromatic rings. The summed E-state index contributed by atoms with van der Waals surface area (Å²) in [5.41, 5.74) is 2.81. The minimum atomic E-state index is -0.0440. The molecule has 0 aliphatic rings. The fourth-order valence-electron chi connectivity index (χ4n) is 3.33. The van der Waals surface area contributed by atoms with Gasteiger partial charge < -0.3 is 0 Å². The molecule has 26 heavy (non-hydrogen) atoms. The topological polar surface area (TPSA) is 47.8 Å². The lowest BCUT2D eigenvalue weighted by Gasteiger charge is -2.21. The first-order valence-electron chi connectivity index (χ1n) is 8.66. The Balaban J connectivity index is 1.85. The van der Waals surface area contributed by atoms with Crippen molar-refractivity contribution in [1.82, 2.24) is 14.5 Å². The van der Waals surface area contributed by atoms with Gasteiger partial charge in [-0.3, -0.25) is 9.36 Å². The van der Waals surface area contributed by atoms with Crippen LogP contribution in [0.1, 0.15) is 22.9 Å². The highest BCUT2D eigenvalue weighted by Gasteiger charge is 2.18. The van der Waals surface area contributed by atoms with Crippen LogP contribution in [-0.4, -0.2) is 14.5 Å². The number of fused-ring (bicyclic) bond motifs is 1. The summed E-state index contributed by atoms with van der Waals surface area (Å²) in [5.74, 6) is 0.753. The fourth-order valence-corrected chi connectivity index (χ4v) is 3.33. The molecule has 0 fully saturated rings. The minimum Gasteiger partial charge on any atom is -0.295 e. The molecule has 0 unspecified atom stereocenters. The van der Waals surface area contributed by atoms with Gasteiger partial charge in [0, 0.05) is 18.7 Å². The van der Waals surface area contributed by atoms with E-state index in [0.29, 0.717) is 23.4 Å². The number of hydrogen-bond acceptors (Lipinski definition) is 3. The van der Waals surface area contributed by atoms with Gasteiger partial charge >= 0.3 is 0 Å². The highest BCUT2D eigenvalue weighted by molar-refractivity contribution is 5.72. The van der Waals surface area contributed by atoms with Gasteiger partial charge in [-0.2, -0.15) is 0 Å². The fraction of sp³-hybridized carbons (Fsp3) is 0.136. The lowest BCUT2D eigenvalue weighted by molar-refractivity contribution is 0.582. The lowest BCUT2D eigenvalue weighted by atomic mass is 9.91. The molecule has 2 aromatic heterocycles. The third kappa shape index (κ3) is 3.02. The van der Waals surface area contributed by atoms with Crippen LogP contribution in [0.15, 0.2) is 83.8 Å². The Morgan fingerprint density at radius 2 is 1.50 bits per heavy atom. The molecule has 0 spiro atoms. The van der Waals surface area contributed by atoms with E-state index in [1.807, 2.05) is 43.3 Å². The maximum Gasteiger partial charge on any atom is 0.263 e. The van der Waals surface area contributed by atoms with Crippen LogP contribution in [0.3, 0.4) is 0 Å². The van der Waals surface area contributed by atoms with E-state index in [2.05, 4.69) is 34.2 Å². The van der Waals surface area contributed by atoms with Crippen molar-refractivity contribution in [3.63, 3.8) is 0 Å². The van der Waals surface area contributed by atoms with Gasteiger partial charge in [0.25, 0.3) is 5.56 Å². The van der Waals surface area contributed by atoms with Gasteiger partial charge in [-0.1, -0.05) is 60.7 Å². The van der Waals surface area contributed by atoms with E-state index in [-0.39, 0.29) is 11.5 Å². The SMILES string of the molecule is Cc1nc2ncccc2c(=O)n1CC(c1ccccc1)c1ccccc1. The third-order valence-corrected chi connectivity index (χ3v) is 4.69. The summed E-state index contributed by atoms with van der Waals surface area (Å²) in [6.07, 6.45) is 1.66. The lowest BCUT2D eigenvalue weighted by Crippen LogP contribution is -2.27. The number of pyridine rings is 1. The molecular formula is C22H19N3O. The molecule has 128 valence electrons. The second-order valence-corrected chi connectivity index (χ2v) is 6.32. The van der Waals surface area contributed by atoms with E-state index < -0.39 is 0 Å². The number of hydrogen-bond donors (Lipinski definition) is 0. The first-order valence-corrected chi connectivity index (χ1v) is 8.66. The molecule has 0 saturated carbocycles. The monoisotopic (exact) mass is 341 g/mol. The summed E-state index contributed by atoms with van der Waals surface area (Å²) in [5, 5.41) is 0.554. The molecule has 2 aromatic carbocycles. The zero-order valence-electron chi connectivity index (χ0n) is 14.5. The first kappa shape index (κ1) is 16.2. The van der Waals surface area contributed by atoms with Crippen molar-refractivity contribution in [1.29, 1.82) is 0 Å². The Kier molecular flexibility index (Phi) is 4.32. The van der Waals surface area contributed by atoms with Crippen LogP contribution >= 0.6 is 0 Å². The van der Waals surface area contributed by atoms with Crippen LogP contribution in [0.25, 0.3) is 11.0 Å². The van der Waals surface area contributed by atoms with Crippen molar-refractivity contribution >= 4 is 11.0 Å². The number of rotatable bonds is 4. The number of benzene rings is 2. The maximum atomic E-state index is 13.0. The van der Waals surface area contributed by atoms with Crippen LogP contribution in [0, 0.1) is 6.92 Å². The van der Waals surface area contributed by atoms with Crippen LogP contribution in [0.4, 0.5) is 0 Å². The van der Waals surface area contributed by atoms with Crippen molar-refractivity contribution in [3.8, 4) is 0 Å². The average Bonchev–Trinajstić information content (AvgIpc) is 2.69. The molecule has 0 bridgehead atoms. The van der Waals surface area contributed by atoms with E-state index in [9.17, 15) is 4.79 Å². The van der Waals surface area contributed by atoms with Crippen molar-refractivity contribution < 1.29 is 0 Å². The van der Waals surface area contributed by atoms with Gasteiger partial charge in [0.1, 0.15) is 5.82 Å². The minimum absolute atomic E-state index is 0.0440. The standard InChI is InChI=1S/C22H19N3O/c1-16-24-21-19(13-8-14-23-21)22(26)25(16)15-20(17-9-4-2-5-10-17)18-11-6-3-7-12-18/h2-14,20H,15H2,1H3. The summed E-state index contributed by atoms with van der Waals surface area (Å²) in [7, 11) is 0. The molecule has 4 rings (SSSR count). The largest absolute Gasteiger partial charge is 0.295 e. The molecule has 0 atom stereocenters. The molecule has 0 aliphatic heterocycles. The number of nitrogens with zero attached hydrogens (tertiary/aromatic N) is 3. The molecule has 0 N–H and O–H groups in total. The molecule has 0 amide bonds. The Hall–Kier alpha value is -3.27. The van der Waals surface area contributed by atoms with Crippen LogP contribution < -0.4 is 5.56 Å². The molecule has 0 aliphatic carbocycles. The highest BCUT2D eigenvalue weighted by Crippen LogP contribution is 2.26. The van der Waals surface area contributed by atoms with E-state index >= 15 is 0 Å². The van der Waals surface area contributed by atoms with Crippen molar-refractivity contribution in [2.45, 2.75) is 19.4 Å².